The van der Waals surface area contributed by atoms with Gasteiger partial charge in [0.1, 0.15) is 5.75 Å². The van der Waals surface area contributed by atoms with E-state index in [4.69, 9.17) is 9.47 Å². The Bertz CT molecular complexity index is 660. The van der Waals surface area contributed by atoms with Crippen LogP contribution < -0.4 is 15.4 Å². The lowest BCUT2D eigenvalue weighted by Crippen LogP contribution is -2.46. The number of aliphatic imine (C=N–C) groups is 1. The molecule has 2 N–H and O–H groups in total. The number of ether oxygens (including phenoxy) is 3. The van der Waals surface area contributed by atoms with Crippen molar-refractivity contribution in [2.24, 2.45) is 4.99 Å². The van der Waals surface area contributed by atoms with Crippen LogP contribution in [0, 0.1) is 0 Å². The lowest BCUT2D eigenvalue weighted by molar-refractivity contribution is -0.140. The van der Waals surface area contributed by atoms with Gasteiger partial charge in [0.05, 0.1) is 33.5 Å². The standard InChI is InChI=1S/C23H38N4O4/c1-24-23(25-13-7-5-4-6-8-22(28)30-3)26-18-21(27-14-16-31-17-15-27)19-9-11-20(29-2)12-10-19/h9-12,21H,4-8,13-18H2,1-3H3,(H2,24,25,26). The summed E-state index contributed by atoms with van der Waals surface area (Å²) in [5.41, 5.74) is 1.25. The Morgan fingerprint density at radius 1 is 1.10 bits per heavy atom. The van der Waals surface area contributed by atoms with E-state index in [0.717, 1.165) is 76.8 Å². The summed E-state index contributed by atoms with van der Waals surface area (Å²) in [6.45, 7) is 4.95. The summed E-state index contributed by atoms with van der Waals surface area (Å²) >= 11 is 0. The average molecular weight is 435 g/mol. The number of nitrogens with zero attached hydrogens (tertiary/aromatic N) is 2. The molecule has 8 heteroatoms. The highest BCUT2D eigenvalue weighted by Gasteiger charge is 2.23. The van der Waals surface area contributed by atoms with Crippen molar-refractivity contribution in [2.75, 3.05) is 60.7 Å². The van der Waals surface area contributed by atoms with Gasteiger partial charge < -0.3 is 24.8 Å². The molecule has 1 unspecified atom stereocenters. The maximum atomic E-state index is 11.1. The Kier molecular flexibility index (Phi) is 11.8. The van der Waals surface area contributed by atoms with Crippen LogP contribution in [-0.2, 0) is 14.3 Å². The molecule has 1 aromatic rings. The van der Waals surface area contributed by atoms with Crippen molar-refractivity contribution in [1.82, 2.24) is 15.5 Å². The van der Waals surface area contributed by atoms with Crippen LogP contribution in [0.1, 0.15) is 43.7 Å². The third-order valence-corrected chi connectivity index (χ3v) is 5.50. The van der Waals surface area contributed by atoms with E-state index in [1.54, 1.807) is 14.2 Å². The molecule has 1 saturated heterocycles. The molecule has 1 heterocycles. The van der Waals surface area contributed by atoms with Gasteiger partial charge in [0.2, 0.25) is 0 Å². The second kappa shape index (κ2) is 14.6. The zero-order chi connectivity index (χ0) is 22.3. The van der Waals surface area contributed by atoms with Crippen molar-refractivity contribution >= 4 is 11.9 Å². The number of guanidine groups is 1. The zero-order valence-electron chi connectivity index (χ0n) is 19.2. The van der Waals surface area contributed by atoms with E-state index in [9.17, 15) is 4.79 Å². The number of unbranched alkanes of at least 4 members (excludes halogenated alkanes) is 3. The Hall–Kier alpha value is -2.32. The summed E-state index contributed by atoms with van der Waals surface area (Å²) < 4.78 is 15.5. The lowest BCUT2D eigenvalue weighted by Gasteiger charge is -2.35. The molecule has 0 amide bonds. The van der Waals surface area contributed by atoms with E-state index in [2.05, 4.69) is 37.4 Å². The molecule has 2 rings (SSSR count). The third kappa shape index (κ3) is 9.14. The van der Waals surface area contributed by atoms with Crippen LogP contribution in [0.4, 0.5) is 0 Å². The first kappa shape index (κ1) is 24.9. The van der Waals surface area contributed by atoms with Gasteiger partial charge in [0.25, 0.3) is 0 Å². The molecule has 1 atom stereocenters. The highest BCUT2D eigenvalue weighted by atomic mass is 16.5. The van der Waals surface area contributed by atoms with Crippen LogP contribution in [0.25, 0.3) is 0 Å². The molecule has 1 aromatic carbocycles. The van der Waals surface area contributed by atoms with Gasteiger partial charge >= 0.3 is 5.97 Å². The van der Waals surface area contributed by atoms with Crippen LogP contribution in [-0.4, -0.2) is 77.5 Å². The van der Waals surface area contributed by atoms with Crippen LogP contribution in [0.15, 0.2) is 29.3 Å². The van der Waals surface area contributed by atoms with E-state index in [1.165, 1.54) is 12.7 Å². The molecule has 0 radical (unpaired) electrons. The molecule has 31 heavy (non-hydrogen) atoms. The molecule has 0 aromatic heterocycles. The van der Waals surface area contributed by atoms with E-state index < -0.39 is 0 Å². The second-order valence-corrected chi connectivity index (χ2v) is 7.56. The fourth-order valence-corrected chi connectivity index (χ4v) is 3.64. The molecule has 0 bridgehead atoms. The predicted octanol–water partition coefficient (Wildman–Crippen LogP) is 2.36. The monoisotopic (exact) mass is 434 g/mol. The van der Waals surface area contributed by atoms with Crippen molar-refractivity contribution < 1.29 is 19.0 Å². The number of methoxy groups -OCH3 is 2. The summed E-state index contributed by atoms with van der Waals surface area (Å²) in [5, 5.41) is 6.87. The molecule has 0 spiro atoms. The lowest BCUT2D eigenvalue weighted by atomic mass is 10.0. The van der Waals surface area contributed by atoms with Gasteiger partial charge in [-0.25, -0.2) is 0 Å². The molecule has 0 saturated carbocycles. The van der Waals surface area contributed by atoms with Crippen molar-refractivity contribution in [3.63, 3.8) is 0 Å². The molecule has 0 aliphatic carbocycles. The SMILES string of the molecule is CN=C(NCCCCCCC(=O)OC)NCC(c1ccc(OC)cc1)N1CCOCC1. The Labute approximate surface area is 186 Å². The molecule has 1 aliphatic heterocycles. The van der Waals surface area contributed by atoms with E-state index in [1.807, 2.05) is 12.1 Å². The number of hydrogen-bond acceptors (Lipinski definition) is 6. The van der Waals surface area contributed by atoms with Gasteiger partial charge in [-0.1, -0.05) is 25.0 Å². The fraction of sp³-hybridized carbons (Fsp3) is 0.652. The average Bonchev–Trinajstić information content (AvgIpc) is 2.83. The predicted molar refractivity (Wildman–Crippen MR) is 123 cm³/mol. The number of carbonyl (C=O) groups excluding carboxylic acids is 1. The third-order valence-electron chi connectivity index (χ3n) is 5.50. The fourth-order valence-electron chi connectivity index (χ4n) is 3.64. The molecular formula is C23H38N4O4. The Morgan fingerprint density at radius 2 is 1.81 bits per heavy atom. The summed E-state index contributed by atoms with van der Waals surface area (Å²) in [5.74, 6) is 1.54. The minimum absolute atomic E-state index is 0.130. The minimum Gasteiger partial charge on any atom is -0.497 e. The Balaban J connectivity index is 1.79. The number of hydrogen-bond donors (Lipinski definition) is 2. The number of nitrogens with one attached hydrogen (secondary N) is 2. The van der Waals surface area contributed by atoms with E-state index >= 15 is 0 Å². The molecule has 1 aliphatic rings. The second-order valence-electron chi connectivity index (χ2n) is 7.56. The number of rotatable bonds is 12. The quantitative estimate of drug-likeness (QED) is 0.226. The van der Waals surface area contributed by atoms with Crippen molar-refractivity contribution in [3.05, 3.63) is 29.8 Å². The van der Waals surface area contributed by atoms with Gasteiger partial charge in [-0.15, -0.1) is 0 Å². The van der Waals surface area contributed by atoms with Crippen LogP contribution in [0.2, 0.25) is 0 Å². The van der Waals surface area contributed by atoms with Gasteiger partial charge in [-0.2, -0.15) is 0 Å². The van der Waals surface area contributed by atoms with Gasteiger partial charge in [0.15, 0.2) is 5.96 Å². The molecule has 174 valence electrons. The number of benzene rings is 1. The van der Waals surface area contributed by atoms with Crippen LogP contribution >= 0.6 is 0 Å². The first-order valence-electron chi connectivity index (χ1n) is 11.1. The van der Waals surface area contributed by atoms with E-state index in [0.29, 0.717) is 6.42 Å². The van der Waals surface area contributed by atoms with Gasteiger partial charge in [-0.3, -0.25) is 14.7 Å². The highest BCUT2D eigenvalue weighted by molar-refractivity contribution is 5.79. The summed E-state index contributed by atoms with van der Waals surface area (Å²) in [6, 6.07) is 8.51. The van der Waals surface area contributed by atoms with Crippen LogP contribution in [0.3, 0.4) is 0 Å². The summed E-state index contributed by atoms with van der Waals surface area (Å²) in [6.07, 6.45) is 4.51. The summed E-state index contributed by atoms with van der Waals surface area (Å²) in [7, 11) is 4.91. The smallest absolute Gasteiger partial charge is 0.305 e. The maximum absolute atomic E-state index is 11.1. The topological polar surface area (TPSA) is 84.4 Å². The van der Waals surface area contributed by atoms with Crippen molar-refractivity contribution in [1.29, 1.82) is 0 Å². The zero-order valence-corrected chi connectivity index (χ0v) is 19.2. The van der Waals surface area contributed by atoms with E-state index in [-0.39, 0.29) is 12.0 Å². The highest BCUT2D eigenvalue weighted by Crippen LogP contribution is 2.23. The largest absolute Gasteiger partial charge is 0.497 e. The van der Waals surface area contributed by atoms with Gasteiger partial charge in [0, 0.05) is 39.6 Å². The maximum Gasteiger partial charge on any atom is 0.305 e. The number of esters is 1. The van der Waals surface area contributed by atoms with Crippen molar-refractivity contribution in [3.8, 4) is 5.75 Å². The molecule has 8 nitrogen and oxygen atoms in total. The van der Waals surface area contributed by atoms with Crippen LogP contribution in [0.5, 0.6) is 5.75 Å². The first-order valence-corrected chi connectivity index (χ1v) is 11.1. The summed E-state index contributed by atoms with van der Waals surface area (Å²) in [4.78, 5) is 17.9. The Morgan fingerprint density at radius 3 is 2.45 bits per heavy atom. The number of morpholine rings is 1. The van der Waals surface area contributed by atoms with Gasteiger partial charge in [-0.05, 0) is 30.5 Å². The minimum atomic E-state index is -0.130. The van der Waals surface area contributed by atoms with Crippen molar-refractivity contribution in [2.45, 2.75) is 38.1 Å². The first-order chi connectivity index (χ1) is 15.2. The number of carbonyl (C=O) groups is 1. The molecular weight excluding hydrogens is 396 g/mol. The molecule has 1 fully saturated rings. The normalized spacial score (nSPS) is 15.9.